The smallest absolute Gasteiger partial charge is 0.324 e. The second kappa shape index (κ2) is 9.21. The van der Waals surface area contributed by atoms with Gasteiger partial charge in [-0.1, -0.05) is 44.2 Å². The molecule has 0 radical (unpaired) electrons. The van der Waals surface area contributed by atoms with E-state index < -0.39 is 12.1 Å². The molecular formula is C24H27N5O3. The lowest BCUT2D eigenvalue weighted by Gasteiger charge is -2.13. The Hall–Kier alpha value is -3.68. The minimum atomic E-state index is -0.855. The lowest BCUT2D eigenvalue weighted by atomic mass is 10.1. The predicted octanol–water partition coefficient (Wildman–Crippen LogP) is 3.25. The van der Waals surface area contributed by atoms with Crippen LogP contribution in [0.5, 0.6) is 0 Å². The maximum atomic E-state index is 12.6. The molecule has 4 rings (SSSR count). The van der Waals surface area contributed by atoms with E-state index in [1.807, 2.05) is 42.5 Å². The molecule has 1 unspecified atom stereocenters. The number of H-pyrrole nitrogens is 1. The highest BCUT2D eigenvalue weighted by molar-refractivity contribution is 6.07. The number of amides is 4. The van der Waals surface area contributed by atoms with Gasteiger partial charge in [-0.2, -0.15) is 0 Å². The SMILES string of the molecule is CC(C)Cc1nc2ccc(NC(=O)CC3NC(=O)N(CCc4ccccc4)C3=O)cc2[nH]1. The Morgan fingerprint density at radius 2 is 1.94 bits per heavy atom. The number of nitrogens with zero attached hydrogens (tertiary/aromatic N) is 2. The van der Waals surface area contributed by atoms with Crippen LogP contribution in [0.1, 0.15) is 31.7 Å². The Balaban J connectivity index is 1.34. The molecule has 1 aliphatic rings. The molecule has 8 heteroatoms. The third-order valence-electron chi connectivity index (χ3n) is 5.38. The molecule has 0 spiro atoms. The topological polar surface area (TPSA) is 107 Å². The number of fused-ring (bicyclic) bond motifs is 1. The fraction of sp³-hybridized carbons (Fsp3) is 0.333. The molecule has 1 aliphatic heterocycles. The summed E-state index contributed by atoms with van der Waals surface area (Å²) in [5.74, 6) is 0.688. The van der Waals surface area contributed by atoms with Gasteiger partial charge < -0.3 is 15.6 Å². The molecule has 1 fully saturated rings. The number of nitrogens with one attached hydrogen (secondary N) is 3. The molecule has 166 valence electrons. The molecule has 1 saturated heterocycles. The third kappa shape index (κ3) is 4.96. The van der Waals surface area contributed by atoms with Gasteiger partial charge in [-0.3, -0.25) is 14.5 Å². The van der Waals surface area contributed by atoms with Crippen LogP contribution in [0.25, 0.3) is 11.0 Å². The van der Waals surface area contributed by atoms with Gasteiger partial charge >= 0.3 is 6.03 Å². The van der Waals surface area contributed by atoms with E-state index in [-0.39, 0.29) is 24.8 Å². The van der Waals surface area contributed by atoms with Gasteiger partial charge in [0.25, 0.3) is 5.91 Å². The summed E-state index contributed by atoms with van der Waals surface area (Å²) < 4.78 is 0. The minimum Gasteiger partial charge on any atom is -0.342 e. The molecule has 0 saturated carbocycles. The standard InChI is InChI=1S/C24H27N5O3/c1-15(2)12-21-26-18-9-8-17(13-19(18)27-21)25-22(30)14-20-23(31)29(24(32)28-20)11-10-16-6-4-3-5-7-16/h3-9,13,15,20H,10-12,14H2,1-2H3,(H,25,30)(H,26,27)(H,28,32). The fourth-order valence-electron chi connectivity index (χ4n) is 3.83. The van der Waals surface area contributed by atoms with Crippen LogP contribution in [0.3, 0.4) is 0 Å². The lowest BCUT2D eigenvalue weighted by molar-refractivity contribution is -0.129. The molecule has 3 aromatic rings. The first-order chi connectivity index (χ1) is 15.4. The number of rotatable bonds is 8. The van der Waals surface area contributed by atoms with Crippen LogP contribution in [0, 0.1) is 5.92 Å². The Kier molecular flexibility index (Phi) is 6.20. The number of urea groups is 1. The number of carbonyl (C=O) groups is 3. The van der Waals surface area contributed by atoms with Crippen LogP contribution in [0.4, 0.5) is 10.5 Å². The van der Waals surface area contributed by atoms with Crippen molar-refractivity contribution in [2.24, 2.45) is 5.92 Å². The summed E-state index contributed by atoms with van der Waals surface area (Å²) >= 11 is 0. The van der Waals surface area contributed by atoms with Crippen molar-refractivity contribution in [3.05, 3.63) is 59.9 Å². The Morgan fingerprint density at radius 1 is 1.16 bits per heavy atom. The van der Waals surface area contributed by atoms with Crippen molar-refractivity contribution in [2.75, 3.05) is 11.9 Å². The summed E-state index contributed by atoms with van der Waals surface area (Å²) in [6.45, 7) is 4.54. The van der Waals surface area contributed by atoms with Crippen LogP contribution in [0.15, 0.2) is 48.5 Å². The zero-order chi connectivity index (χ0) is 22.7. The number of hydrogen-bond acceptors (Lipinski definition) is 4. The monoisotopic (exact) mass is 433 g/mol. The summed E-state index contributed by atoms with van der Waals surface area (Å²) in [7, 11) is 0. The highest BCUT2D eigenvalue weighted by Crippen LogP contribution is 2.19. The van der Waals surface area contributed by atoms with Crippen molar-refractivity contribution in [3.8, 4) is 0 Å². The highest BCUT2D eigenvalue weighted by Gasteiger charge is 2.38. The minimum absolute atomic E-state index is 0.119. The van der Waals surface area contributed by atoms with E-state index in [4.69, 9.17) is 0 Å². The molecule has 4 amide bonds. The van der Waals surface area contributed by atoms with Crippen LogP contribution < -0.4 is 10.6 Å². The van der Waals surface area contributed by atoms with Gasteiger partial charge in [-0.25, -0.2) is 9.78 Å². The van der Waals surface area contributed by atoms with E-state index >= 15 is 0 Å². The quantitative estimate of drug-likeness (QED) is 0.474. The number of aromatic nitrogens is 2. The predicted molar refractivity (Wildman–Crippen MR) is 122 cm³/mol. The van der Waals surface area contributed by atoms with Gasteiger partial charge in [0.15, 0.2) is 0 Å². The zero-order valence-corrected chi connectivity index (χ0v) is 18.2. The third-order valence-corrected chi connectivity index (χ3v) is 5.38. The molecule has 32 heavy (non-hydrogen) atoms. The van der Waals surface area contributed by atoms with Crippen molar-refractivity contribution in [3.63, 3.8) is 0 Å². The van der Waals surface area contributed by atoms with Gasteiger partial charge in [0.1, 0.15) is 11.9 Å². The molecule has 2 aromatic carbocycles. The van der Waals surface area contributed by atoms with E-state index in [9.17, 15) is 14.4 Å². The summed E-state index contributed by atoms with van der Waals surface area (Å²) in [4.78, 5) is 46.4. The average molecular weight is 434 g/mol. The fourth-order valence-corrected chi connectivity index (χ4v) is 3.83. The second-order valence-corrected chi connectivity index (χ2v) is 8.49. The highest BCUT2D eigenvalue weighted by atomic mass is 16.2. The van der Waals surface area contributed by atoms with Crippen LogP contribution >= 0.6 is 0 Å². The lowest BCUT2D eigenvalue weighted by Crippen LogP contribution is -2.34. The van der Waals surface area contributed by atoms with Gasteiger partial charge in [0.2, 0.25) is 5.91 Å². The molecule has 2 heterocycles. The van der Waals surface area contributed by atoms with E-state index in [0.29, 0.717) is 18.0 Å². The van der Waals surface area contributed by atoms with E-state index in [0.717, 1.165) is 28.8 Å². The van der Waals surface area contributed by atoms with Gasteiger partial charge in [-0.15, -0.1) is 0 Å². The number of carbonyl (C=O) groups excluding carboxylic acids is 3. The number of aromatic amines is 1. The first-order valence-electron chi connectivity index (χ1n) is 10.8. The van der Waals surface area contributed by atoms with E-state index in [2.05, 4.69) is 34.4 Å². The van der Waals surface area contributed by atoms with Crippen molar-refractivity contribution in [1.82, 2.24) is 20.2 Å². The van der Waals surface area contributed by atoms with Gasteiger partial charge in [0, 0.05) is 18.7 Å². The molecule has 0 bridgehead atoms. The Labute approximate surface area is 186 Å². The van der Waals surface area contributed by atoms with E-state index in [1.54, 1.807) is 6.07 Å². The molecule has 0 aliphatic carbocycles. The normalized spacial score (nSPS) is 16.1. The first-order valence-corrected chi connectivity index (χ1v) is 10.8. The van der Waals surface area contributed by atoms with E-state index in [1.165, 1.54) is 4.90 Å². The number of anilines is 1. The van der Waals surface area contributed by atoms with Crippen LogP contribution in [0.2, 0.25) is 0 Å². The summed E-state index contributed by atoms with van der Waals surface area (Å²) in [5.41, 5.74) is 3.33. The number of benzene rings is 2. The molecular weight excluding hydrogens is 406 g/mol. The van der Waals surface area contributed by atoms with Crippen LogP contribution in [-0.4, -0.2) is 45.3 Å². The summed E-state index contributed by atoms with van der Waals surface area (Å²) in [6, 6.07) is 13.8. The van der Waals surface area contributed by atoms with Crippen LogP contribution in [-0.2, 0) is 22.4 Å². The largest absolute Gasteiger partial charge is 0.342 e. The first kappa shape index (κ1) is 21.5. The summed E-state index contributed by atoms with van der Waals surface area (Å²) in [5, 5.41) is 5.43. The molecule has 3 N–H and O–H groups in total. The Morgan fingerprint density at radius 3 is 2.69 bits per heavy atom. The van der Waals surface area contributed by atoms with Crippen molar-refractivity contribution >= 4 is 34.6 Å². The number of imide groups is 1. The molecule has 1 aromatic heterocycles. The summed E-state index contributed by atoms with van der Waals surface area (Å²) in [6.07, 6.45) is 1.30. The van der Waals surface area contributed by atoms with Crippen molar-refractivity contribution in [2.45, 2.75) is 39.2 Å². The maximum absolute atomic E-state index is 12.6. The van der Waals surface area contributed by atoms with Gasteiger partial charge in [-0.05, 0) is 36.1 Å². The average Bonchev–Trinajstić information content (AvgIpc) is 3.26. The second-order valence-electron chi connectivity index (χ2n) is 8.49. The Bertz CT molecular complexity index is 1140. The number of hydrogen-bond donors (Lipinski definition) is 3. The van der Waals surface area contributed by atoms with Gasteiger partial charge in [0.05, 0.1) is 17.5 Å². The van der Waals surface area contributed by atoms with Crippen molar-refractivity contribution < 1.29 is 14.4 Å². The zero-order valence-electron chi connectivity index (χ0n) is 18.2. The molecule has 1 atom stereocenters. The van der Waals surface area contributed by atoms with Crippen molar-refractivity contribution in [1.29, 1.82) is 0 Å². The molecule has 8 nitrogen and oxygen atoms in total. The maximum Gasteiger partial charge on any atom is 0.324 e. The number of imidazole rings is 1.